The van der Waals surface area contributed by atoms with Crippen molar-refractivity contribution in [3.05, 3.63) is 47.3 Å². The van der Waals surface area contributed by atoms with E-state index < -0.39 is 27.8 Å². The Labute approximate surface area is 148 Å². The average molecular weight is 381 g/mol. The first-order chi connectivity index (χ1) is 11.9. The minimum Gasteiger partial charge on any atom is -0.479 e. The number of carbonyl (C=O) groups is 2. The van der Waals surface area contributed by atoms with Crippen molar-refractivity contribution in [2.75, 3.05) is 19.7 Å². The van der Waals surface area contributed by atoms with Gasteiger partial charge in [0.25, 0.3) is 5.91 Å². The number of carboxylic acid groups (broad SMARTS) is 1. The molecule has 1 aromatic heterocycles. The van der Waals surface area contributed by atoms with Crippen molar-refractivity contribution in [3.63, 3.8) is 0 Å². The Morgan fingerprint density at radius 2 is 1.88 bits per heavy atom. The predicted octanol–water partition coefficient (Wildman–Crippen LogP) is 1.51. The van der Waals surface area contributed by atoms with Crippen molar-refractivity contribution in [1.82, 2.24) is 4.90 Å². The molecule has 0 radical (unpaired) electrons. The summed E-state index contributed by atoms with van der Waals surface area (Å²) in [6.07, 6.45) is -1.06. The average Bonchev–Trinajstić information content (AvgIpc) is 3.13. The van der Waals surface area contributed by atoms with E-state index in [9.17, 15) is 18.0 Å². The Morgan fingerprint density at radius 3 is 2.56 bits per heavy atom. The Bertz CT molecular complexity index is 890. The molecule has 9 heteroatoms. The summed E-state index contributed by atoms with van der Waals surface area (Å²) in [5.41, 5.74) is 0. The highest BCUT2D eigenvalue weighted by atomic mass is 32.2. The largest absolute Gasteiger partial charge is 0.479 e. The number of benzene rings is 1. The minimum atomic E-state index is -3.68. The van der Waals surface area contributed by atoms with Gasteiger partial charge in [0.1, 0.15) is 4.21 Å². The molecule has 1 aliphatic heterocycles. The molecule has 0 unspecified atom stereocenters. The minimum absolute atomic E-state index is 0.0627. The molecule has 25 heavy (non-hydrogen) atoms. The SMILES string of the molecule is O=C(O)[C@H]1CN(C(=O)c2ccc(S(=O)(=O)c3ccccc3)s2)CCO1. The van der Waals surface area contributed by atoms with Crippen molar-refractivity contribution in [2.24, 2.45) is 0 Å². The van der Waals surface area contributed by atoms with Gasteiger partial charge in [0.2, 0.25) is 9.84 Å². The van der Waals surface area contributed by atoms with Crippen LogP contribution in [0, 0.1) is 0 Å². The molecule has 2 aromatic rings. The second-order valence-electron chi connectivity index (χ2n) is 5.38. The number of amides is 1. The van der Waals surface area contributed by atoms with Gasteiger partial charge in [-0.25, -0.2) is 13.2 Å². The number of rotatable bonds is 4. The van der Waals surface area contributed by atoms with Crippen molar-refractivity contribution >= 4 is 33.1 Å². The third kappa shape index (κ3) is 3.58. The fourth-order valence-corrected chi connectivity index (χ4v) is 5.13. The van der Waals surface area contributed by atoms with E-state index in [1.54, 1.807) is 18.2 Å². The number of carbonyl (C=O) groups excluding carboxylic acids is 1. The van der Waals surface area contributed by atoms with Crippen LogP contribution in [0.4, 0.5) is 0 Å². The fraction of sp³-hybridized carbons (Fsp3) is 0.250. The van der Waals surface area contributed by atoms with Gasteiger partial charge in [-0.1, -0.05) is 18.2 Å². The van der Waals surface area contributed by atoms with Crippen LogP contribution in [0.3, 0.4) is 0 Å². The first-order valence-corrected chi connectivity index (χ1v) is 9.73. The van der Waals surface area contributed by atoms with E-state index in [2.05, 4.69) is 0 Å². The van der Waals surface area contributed by atoms with E-state index in [-0.39, 0.29) is 33.7 Å². The maximum absolute atomic E-state index is 12.6. The number of carboxylic acids is 1. The third-order valence-corrected chi connectivity index (χ3v) is 7.07. The van der Waals surface area contributed by atoms with Crippen LogP contribution >= 0.6 is 11.3 Å². The summed E-state index contributed by atoms with van der Waals surface area (Å²) in [7, 11) is -3.68. The highest BCUT2D eigenvalue weighted by Gasteiger charge is 2.31. The molecule has 1 atom stereocenters. The molecule has 1 N–H and O–H groups in total. The zero-order valence-corrected chi connectivity index (χ0v) is 14.6. The first kappa shape index (κ1) is 17.6. The summed E-state index contributed by atoms with van der Waals surface area (Å²) >= 11 is 0.879. The summed E-state index contributed by atoms with van der Waals surface area (Å²) in [5, 5.41) is 9.01. The van der Waals surface area contributed by atoms with Crippen LogP contribution in [0.25, 0.3) is 0 Å². The van der Waals surface area contributed by atoms with Crippen LogP contribution in [-0.2, 0) is 19.4 Å². The summed E-state index contributed by atoms with van der Waals surface area (Å²) in [5.74, 6) is -1.52. The molecule has 0 aliphatic carbocycles. The summed E-state index contributed by atoms with van der Waals surface area (Å²) < 4.78 is 30.3. The molecule has 132 valence electrons. The predicted molar refractivity (Wildman–Crippen MR) is 89.5 cm³/mol. The van der Waals surface area contributed by atoms with Gasteiger partial charge < -0.3 is 14.7 Å². The molecular formula is C16H15NO6S2. The molecule has 1 fully saturated rings. The van der Waals surface area contributed by atoms with Crippen LogP contribution in [0.2, 0.25) is 0 Å². The maximum atomic E-state index is 12.6. The second kappa shape index (κ2) is 6.95. The Morgan fingerprint density at radius 1 is 1.16 bits per heavy atom. The van der Waals surface area contributed by atoms with Gasteiger partial charge in [-0.15, -0.1) is 11.3 Å². The molecule has 0 spiro atoms. The van der Waals surface area contributed by atoms with E-state index in [1.165, 1.54) is 29.2 Å². The fourth-order valence-electron chi connectivity index (χ4n) is 2.43. The van der Waals surface area contributed by atoms with Gasteiger partial charge >= 0.3 is 5.97 Å². The molecule has 1 aliphatic rings. The molecule has 0 saturated carbocycles. The topological polar surface area (TPSA) is 101 Å². The Kier molecular flexibility index (Phi) is 4.89. The van der Waals surface area contributed by atoms with Crippen LogP contribution in [0.5, 0.6) is 0 Å². The van der Waals surface area contributed by atoms with Gasteiger partial charge in [0, 0.05) is 6.54 Å². The summed E-state index contributed by atoms with van der Waals surface area (Å²) in [4.78, 5) is 25.3. The highest BCUT2D eigenvalue weighted by molar-refractivity contribution is 7.93. The number of hydrogen-bond donors (Lipinski definition) is 1. The van der Waals surface area contributed by atoms with Crippen molar-refractivity contribution in [1.29, 1.82) is 0 Å². The molecule has 1 aromatic carbocycles. The van der Waals surface area contributed by atoms with E-state index in [0.717, 1.165) is 11.3 Å². The molecule has 2 heterocycles. The zero-order chi connectivity index (χ0) is 18.0. The van der Waals surface area contributed by atoms with E-state index in [1.807, 2.05) is 0 Å². The molecule has 3 rings (SSSR count). The number of aliphatic carboxylic acids is 1. The monoisotopic (exact) mass is 381 g/mol. The van der Waals surface area contributed by atoms with E-state index in [4.69, 9.17) is 9.84 Å². The second-order valence-corrected chi connectivity index (χ2v) is 8.64. The number of nitrogens with zero attached hydrogens (tertiary/aromatic N) is 1. The third-order valence-electron chi connectivity index (χ3n) is 3.74. The molecule has 1 amide bonds. The van der Waals surface area contributed by atoms with Gasteiger partial charge in [0.15, 0.2) is 6.10 Å². The molecule has 1 saturated heterocycles. The lowest BCUT2D eigenvalue weighted by Gasteiger charge is -2.30. The van der Waals surface area contributed by atoms with Crippen molar-refractivity contribution < 1.29 is 27.9 Å². The lowest BCUT2D eigenvalue weighted by molar-refractivity contribution is -0.154. The molecule has 7 nitrogen and oxygen atoms in total. The van der Waals surface area contributed by atoms with Crippen LogP contribution in [0.1, 0.15) is 9.67 Å². The number of ether oxygens (including phenoxy) is 1. The van der Waals surface area contributed by atoms with Gasteiger partial charge in [-0.05, 0) is 24.3 Å². The van der Waals surface area contributed by atoms with Crippen LogP contribution in [-0.4, -0.2) is 56.1 Å². The van der Waals surface area contributed by atoms with Crippen LogP contribution in [0.15, 0.2) is 51.6 Å². The van der Waals surface area contributed by atoms with Gasteiger partial charge in [-0.3, -0.25) is 4.79 Å². The Hall–Kier alpha value is -2.23. The van der Waals surface area contributed by atoms with Crippen molar-refractivity contribution in [2.45, 2.75) is 15.2 Å². The van der Waals surface area contributed by atoms with E-state index >= 15 is 0 Å². The van der Waals surface area contributed by atoms with Crippen molar-refractivity contribution in [3.8, 4) is 0 Å². The standard InChI is InChI=1S/C16H15NO6S2/c18-15(17-8-9-23-12(10-17)16(19)20)13-6-7-14(24-13)25(21,22)11-4-2-1-3-5-11/h1-7,12H,8-10H2,(H,19,20)/t12-/m1/s1. The maximum Gasteiger partial charge on any atom is 0.334 e. The molecular weight excluding hydrogens is 366 g/mol. The number of hydrogen-bond acceptors (Lipinski definition) is 6. The highest BCUT2D eigenvalue weighted by Crippen LogP contribution is 2.28. The van der Waals surface area contributed by atoms with E-state index in [0.29, 0.717) is 0 Å². The smallest absolute Gasteiger partial charge is 0.334 e. The van der Waals surface area contributed by atoms with Crippen LogP contribution < -0.4 is 0 Å². The number of morpholine rings is 1. The normalized spacial score (nSPS) is 18.1. The Balaban J connectivity index is 1.82. The number of sulfone groups is 1. The summed E-state index contributed by atoms with van der Waals surface area (Å²) in [6, 6.07) is 10.8. The lowest BCUT2D eigenvalue weighted by Crippen LogP contribution is -2.48. The lowest BCUT2D eigenvalue weighted by atomic mass is 10.2. The molecule has 0 bridgehead atoms. The zero-order valence-electron chi connectivity index (χ0n) is 13.0. The van der Waals surface area contributed by atoms with Gasteiger partial charge in [-0.2, -0.15) is 0 Å². The number of thiophene rings is 1. The first-order valence-electron chi connectivity index (χ1n) is 7.43. The van der Waals surface area contributed by atoms with Gasteiger partial charge in [0.05, 0.1) is 22.9 Å². The quantitative estimate of drug-likeness (QED) is 0.861. The summed E-state index contributed by atoms with van der Waals surface area (Å²) in [6.45, 7) is 0.331.